The molecule has 0 atom stereocenters. The van der Waals surface area contributed by atoms with Crippen molar-refractivity contribution in [2.24, 2.45) is 5.92 Å². The van der Waals surface area contributed by atoms with Crippen LogP contribution in [0.2, 0.25) is 0 Å². The van der Waals surface area contributed by atoms with Crippen LogP contribution in [0.3, 0.4) is 0 Å². The highest BCUT2D eigenvalue weighted by molar-refractivity contribution is 5.98. The number of hydrogen-bond donors (Lipinski definition) is 1. The number of aryl methyl sites for hydroxylation is 1. The molecule has 0 heterocycles. The van der Waals surface area contributed by atoms with Gasteiger partial charge in [0.1, 0.15) is 5.75 Å². The Bertz CT molecular complexity index is 535. The summed E-state index contributed by atoms with van der Waals surface area (Å²) >= 11 is 0. The van der Waals surface area contributed by atoms with Crippen molar-refractivity contribution in [1.82, 2.24) is 5.32 Å². The maximum absolute atomic E-state index is 11.7. The van der Waals surface area contributed by atoms with Crippen LogP contribution in [-0.4, -0.2) is 24.8 Å². The average molecular weight is 273 g/mol. The highest BCUT2D eigenvalue weighted by atomic mass is 16.5. The van der Waals surface area contributed by atoms with E-state index in [4.69, 9.17) is 4.74 Å². The van der Waals surface area contributed by atoms with Gasteiger partial charge in [0, 0.05) is 18.5 Å². The quantitative estimate of drug-likeness (QED) is 0.894. The lowest BCUT2D eigenvalue weighted by Gasteiger charge is -2.15. The second-order valence-electron chi connectivity index (χ2n) is 5.63. The van der Waals surface area contributed by atoms with Gasteiger partial charge in [-0.25, -0.2) is 0 Å². The number of amides is 1. The molecular formula is C16H19NO3. The van der Waals surface area contributed by atoms with E-state index in [1.165, 1.54) is 12.8 Å². The molecule has 2 aliphatic carbocycles. The summed E-state index contributed by atoms with van der Waals surface area (Å²) in [6, 6.07) is 5.48. The molecule has 0 radical (unpaired) electrons. The molecule has 1 aromatic carbocycles. The van der Waals surface area contributed by atoms with E-state index in [0.29, 0.717) is 18.1 Å². The van der Waals surface area contributed by atoms with Gasteiger partial charge in [0.05, 0.1) is 0 Å². The Hall–Kier alpha value is -1.84. The van der Waals surface area contributed by atoms with E-state index < -0.39 is 0 Å². The standard InChI is InChI=1S/C16H19NO3/c18-15-3-1-2-12-8-13(6-7-14(12)15)20-10-16(19)17-9-11-4-5-11/h6-8,11H,1-5,9-10H2,(H,17,19). The zero-order chi connectivity index (χ0) is 13.9. The van der Waals surface area contributed by atoms with Crippen molar-refractivity contribution in [2.75, 3.05) is 13.2 Å². The number of ether oxygens (including phenoxy) is 1. The fourth-order valence-corrected chi connectivity index (χ4v) is 2.49. The summed E-state index contributed by atoms with van der Waals surface area (Å²) in [5, 5.41) is 2.87. The third-order valence-electron chi connectivity index (χ3n) is 3.88. The van der Waals surface area contributed by atoms with Gasteiger partial charge in [-0.05, 0) is 55.4 Å². The average Bonchev–Trinajstić information content (AvgIpc) is 3.27. The Morgan fingerprint density at radius 1 is 1.30 bits per heavy atom. The topological polar surface area (TPSA) is 55.4 Å². The summed E-state index contributed by atoms with van der Waals surface area (Å²) < 4.78 is 5.50. The molecule has 1 N–H and O–H groups in total. The minimum atomic E-state index is -0.0781. The molecule has 0 bridgehead atoms. The number of nitrogens with one attached hydrogen (secondary N) is 1. The Morgan fingerprint density at radius 3 is 2.95 bits per heavy atom. The number of rotatable bonds is 5. The lowest BCUT2D eigenvalue weighted by Crippen LogP contribution is -2.30. The SMILES string of the molecule is O=C(COc1ccc2c(c1)CCCC2=O)NCC1CC1. The van der Waals surface area contributed by atoms with Crippen LogP contribution < -0.4 is 10.1 Å². The number of carbonyl (C=O) groups excluding carboxylic acids is 2. The molecule has 0 unspecified atom stereocenters. The predicted molar refractivity (Wildman–Crippen MR) is 74.9 cm³/mol. The molecule has 0 saturated heterocycles. The summed E-state index contributed by atoms with van der Waals surface area (Å²) in [5.74, 6) is 1.47. The first kappa shape index (κ1) is 13.2. The molecule has 3 rings (SSSR count). The Balaban J connectivity index is 1.54. The normalized spacial score (nSPS) is 17.5. The molecule has 20 heavy (non-hydrogen) atoms. The fourth-order valence-electron chi connectivity index (χ4n) is 2.49. The number of Topliss-reactive ketones (excluding diaryl/α,β-unsaturated/α-hetero) is 1. The summed E-state index contributed by atoms with van der Waals surface area (Å²) in [6.07, 6.45) is 4.89. The number of benzene rings is 1. The third-order valence-corrected chi connectivity index (χ3v) is 3.88. The van der Waals surface area contributed by atoms with Gasteiger partial charge in [0.2, 0.25) is 0 Å². The van der Waals surface area contributed by atoms with Crippen molar-refractivity contribution >= 4 is 11.7 Å². The summed E-state index contributed by atoms with van der Waals surface area (Å²) in [4.78, 5) is 23.3. The monoisotopic (exact) mass is 273 g/mol. The summed E-state index contributed by atoms with van der Waals surface area (Å²) in [6.45, 7) is 0.806. The number of carbonyl (C=O) groups is 2. The third kappa shape index (κ3) is 3.18. The van der Waals surface area contributed by atoms with Crippen LogP contribution in [0.15, 0.2) is 18.2 Å². The second-order valence-corrected chi connectivity index (χ2v) is 5.63. The molecule has 1 saturated carbocycles. The summed E-state index contributed by atoms with van der Waals surface area (Å²) in [5.41, 5.74) is 1.85. The molecule has 0 spiro atoms. The first-order chi connectivity index (χ1) is 9.72. The van der Waals surface area contributed by atoms with E-state index in [1.54, 1.807) is 6.07 Å². The molecule has 2 aliphatic rings. The van der Waals surface area contributed by atoms with Crippen LogP contribution >= 0.6 is 0 Å². The molecule has 4 heteroatoms. The number of ketones is 1. The van der Waals surface area contributed by atoms with Crippen LogP contribution in [0.1, 0.15) is 41.6 Å². The maximum atomic E-state index is 11.7. The Kier molecular flexibility index (Phi) is 3.72. The van der Waals surface area contributed by atoms with Crippen molar-refractivity contribution in [3.8, 4) is 5.75 Å². The van der Waals surface area contributed by atoms with Gasteiger partial charge < -0.3 is 10.1 Å². The first-order valence-electron chi connectivity index (χ1n) is 7.28. The van der Waals surface area contributed by atoms with Crippen molar-refractivity contribution in [1.29, 1.82) is 0 Å². The molecule has 0 aromatic heterocycles. The molecule has 0 aliphatic heterocycles. The summed E-state index contributed by atoms with van der Waals surface area (Å²) in [7, 11) is 0. The van der Waals surface area contributed by atoms with Crippen molar-refractivity contribution in [3.05, 3.63) is 29.3 Å². The molecule has 106 valence electrons. The van der Waals surface area contributed by atoms with Gasteiger partial charge in [-0.1, -0.05) is 0 Å². The predicted octanol–water partition coefficient (Wildman–Crippen LogP) is 2.11. The van der Waals surface area contributed by atoms with E-state index in [0.717, 1.165) is 30.5 Å². The minimum Gasteiger partial charge on any atom is -0.484 e. The number of hydrogen-bond acceptors (Lipinski definition) is 3. The lowest BCUT2D eigenvalue weighted by atomic mass is 9.91. The van der Waals surface area contributed by atoms with Gasteiger partial charge in [-0.15, -0.1) is 0 Å². The van der Waals surface area contributed by atoms with Crippen LogP contribution in [0.25, 0.3) is 0 Å². The van der Waals surface area contributed by atoms with Crippen molar-refractivity contribution < 1.29 is 14.3 Å². The van der Waals surface area contributed by atoms with Gasteiger partial charge in [0.25, 0.3) is 5.91 Å². The van der Waals surface area contributed by atoms with E-state index in [2.05, 4.69) is 5.32 Å². The van der Waals surface area contributed by atoms with E-state index in [1.807, 2.05) is 12.1 Å². The van der Waals surface area contributed by atoms with Crippen LogP contribution in [0, 0.1) is 5.92 Å². The second kappa shape index (κ2) is 5.65. The van der Waals surface area contributed by atoms with Crippen molar-refractivity contribution in [3.63, 3.8) is 0 Å². The van der Waals surface area contributed by atoms with E-state index >= 15 is 0 Å². The van der Waals surface area contributed by atoms with Crippen LogP contribution in [-0.2, 0) is 11.2 Å². The number of fused-ring (bicyclic) bond motifs is 1. The highest BCUT2D eigenvalue weighted by Crippen LogP contribution is 2.27. The maximum Gasteiger partial charge on any atom is 0.257 e. The van der Waals surface area contributed by atoms with Crippen LogP contribution in [0.4, 0.5) is 0 Å². The van der Waals surface area contributed by atoms with Crippen molar-refractivity contribution in [2.45, 2.75) is 32.1 Å². The van der Waals surface area contributed by atoms with Crippen LogP contribution in [0.5, 0.6) is 5.75 Å². The first-order valence-corrected chi connectivity index (χ1v) is 7.28. The Morgan fingerprint density at radius 2 is 2.15 bits per heavy atom. The fraction of sp³-hybridized carbons (Fsp3) is 0.500. The minimum absolute atomic E-state index is 0.0411. The molecular weight excluding hydrogens is 254 g/mol. The molecule has 1 amide bonds. The highest BCUT2D eigenvalue weighted by Gasteiger charge is 2.21. The van der Waals surface area contributed by atoms with E-state index in [9.17, 15) is 9.59 Å². The lowest BCUT2D eigenvalue weighted by molar-refractivity contribution is -0.123. The van der Waals surface area contributed by atoms with Gasteiger partial charge in [-0.3, -0.25) is 9.59 Å². The van der Waals surface area contributed by atoms with E-state index in [-0.39, 0.29) is 18.3 Å². The molecule has 1 aromatic rings. The smallest absolute Gasteiger partial charge is 0.257 e. The zero-order valence-corrected chi connectivity index (χ0v) is 11.5. The van der Waals surface area contributed by atoms with Gasteiger partial charge in [-0.2, -0.15) is 0 Å². The zero-order valence-electron chi connectivity index (χ0n) is 11.5. The molecule has 1 fully saturated rings. The largest absolute Gasteiger partial charge is 0.484 e. The molecule has 4 nitrogen and oxygen atoms in total. The Labute approximate surface area is 118 Å². The van der Waals surface area contributed by atoms with Gasteiger partial charge in [0.15, 0.2) is 12.4 Å². The van der Waals surface area contributed by atoms with Gasteiger partial charge >= 0.3 is 0 Å².